The minimum Gasteiger partial charge on any atom is -0.456 e. The van der Waals surface area contributed by atoms with E-state index in [0.717, 1.165) is 71.9 Å². The van der Waals surface area contributed by atoms with E-state index in [1.807, 2.05) is 24.3 Å². The van der Waals surface area contributed by atoms with Crippen LogP contribution in [0.3, 0.4) is 0 Å². The normalized spacial score (nSPS) is 13.1. The van der Waals surface area contributed by atoms with Crippen LogP contribution in [-0.2, 0) is 5.41 Å². The summed E-state index contributed by atoms with van der Waals surface area (Å²) in [5.74, 6) is 1.91. The van der Waals surface area contributed by atoms with Crippen LogP contribution in [0.15, 0.2) is 186 Å². The van der Waals surface area contributed by atoms with Crippen LogP contribution in [0.25, 0.3) is 106 Å². The Morgan fingerprint density at radius 3 is 1.83 bits per heavy atom. The molecule has 0 unspecified atom stereocenters. The van der Waals surface area contributed by atoms with Gasteiger partial charge in [0.1, 0.15) is 11.2 Å². The van der Waals surface area contributed by atoms with Gasteiger partial charge in [-0.05, 0) is 75.8 Å². The summed E-state index contributed by atoms with van der Waals surface area (Å²) >= 11 is 0. The molecule has 0 saturated heterocycles. The molecule has 0 bridgehead atoms. The summed E-state index contributed by atoms with van der Waals surface area (Å²) in [6.45, 7) is 4.61. The molecule has 3 heterocycles. The van der Waals surface area contributed by atoms with Crippen molar-refractivity contribution in [3.8, 4) is 62.1 Å². The molecule has 5 heteroatoms. The summed E-state index contributed by atoms with van der Waals surface area (Å²) in [5, 5.41) is 4.48. The van der Waals surface area contributed by atoms with E-state index in [2.05, 4.69) is 176 Å². The molecule has 0 aliphatic heterocycles. The third-order valence-corrected chi connectivity index (χ3v) is 12.3. The van der Waals surface area contributed by atoms with Gasteiger partial charge in [-0.25, -0.2) is 15.0 Å². The SMILES string of the molecule is CC1(C)c2ccccc2-c2ccc(-c3nc(-c4ccccc4)nc(-c4ccc5c6ccccc6n(-c6cccc7oc8cc(-c9ccccc9)ccc8c67)c5c4)n3)cc21. The molecule has 0 amide bonds. The van der Waals surface area contributed by atoms with Crippen molar-refractivity contribution in [2.45, 2.75) is 19.3 Å². The average Bonchev–Trinajstić information content (AvgIpc) is 3.91. The number of hydrogen-bond acceptors (Lipinski definition) is 4. The van der Waals surface area contributed by atoms with Crippen LogP contribution in [0.1, 0.15) is 25.0 Å². The molecule has 0 radical (unpaired) electrons. The Balaban J connectivity index is 1.06. The van der Waals surface area contributed by atoms with E-state index < -0.39 is 0 Å². The quantitative estimate of drug-likeness (QED) is 0.175. The highest BCUT2D eigenvalue weighted by Crippen LogP contribution is 2.49. The molecule has 0 atom stereocenters. The third-order valence-electron chi connectivity index (χ3n) is 12.3. The Morgan fingerprint density at radius 2 is 1.02 bits per heavy atom. The fourth-order valence-electron chi connectivity index (χ4n) is 9.37. The highest BCUT2D eigenvalue weighted by atomic mass is 16.3. The molecule has 278 valence electrons. The molecular formula is C54H36N4O. The molecule has 59 heavy (non-hydrogen) atoms. The molecular weight excluding hydrogens is 721 g/mol. The maximum Gasteiger partial charge on any atom is 0.164 e. The van der Waals surface area contributed by atoms with Crippen LogP contribution in [0.2, 0.25) is 0 Å². The number of furan rings is 1. The first-order chi connectivity index (χ1) is 29.0. The Morgan fingerprint density at radius 1 is 0.407 bits per heavy atom. The number of aromatic nitrogens is 4. The van der Waals surface area contributed by atoms with Gasteiger partial charge in [0.05, 0.1) is 22.1 Å². The van der Waals surface area contributed by atoms with Crippen LogP contribution in [-0.4, -0.2) is 19.5 Å². The largest absolute Gasteiger partial charge is 0.456 e. The predicted octanol–water partition coefficient (Wildman–Crippen LogP) is 13.8. The number of nitrogens with zero attached hydrogens (tertiary/aromatic N) is 4. The molecule has 11 aromatic rings. The second-order valence-corrected chi connectivity index (χ2v) is 16.0. The van der Waals surface area contributed by atoms with Gasteiger partial charge in [-0.3, -0.25) is 0 Å². The van der Waals surface area contributed by atoms with Gasteiger partial charge in [0.25, 0.3) is 0 Å². The van der Waals surface area contributed by atoms with Crippen molar-refractivity contribution in [2.75, 3.05) is 0 Å². The molecule has 3 aromatic heterocycles. The molecule has 0 spiro atoms. The molecule has 0 fully saturated rings. The minimum absolute atomic E-state index is 0.147. The standard InChI is InChI=1S/C54H36N4O/c1-54(2)43-20-11-9-18-38(43)39-27-25-36(30-44(39)54)52-55-51(34-16-7-4-8-17-34)56-53(57-52)37-26-28-41-40-19-10-12-21-45(40)58(47(41)31-37)46-22-13-23-48-50(46)42-29-24-35(32-49(42)59-48)33-14-5-3-6-15-33/h3-32H,1-2H3. The van der Waals surface area contributed by atoms with Gasteiger partial charge in [-0.1, -0.05) is 153 Å². The fraction of sp³-hybridized carbons (Fsp3) is 0.0556. The van der Waals surface area contributed by atoms with Gasteiger partial charge in [-0.2, -0.15) is 0 Å². The summed E-state index contributed by atoms with van der Waals surface area (Å²) in [4.78, 5) is 15.5. The number of rotatable bonds is 5. The van der Waals surface area contributed by atoms with E-state index in [9.17, 15) is 0 Å². The summed E-state index contributed by atoms with van der Waals surface area (Å²) in [7, 11) is 0. The van der Waals surface area contributed by atoms with Crippen molar-refractivity contribution in [1.82, 2.24) is 19.5 Å². The zero-order valence-electron chi connectivity index (χ0n) is 32.5. The van der Waals surface area contributed by atoms with Gasteiger partial charge in [0.15, 0.2) is 17.5 Å². The molecule has 1 aliphatic rings. The Hall–Kier alpha value is -7.63. The van der Waals surface area contributed by atoms with Crippen molar-refractivity contribution < 1.29 is 4.42 Å². The van der Waals surface area contributed by atoms with Crippen LogP contribution in [0.5, 0.6) is 0 Å². The molecule has 8 aromatic carbocycles. The van der Waals surface area contributed by atoms with E-state index >= 15 is 0 Å². The van der Waals surface area contributed by atoms with E-state index in [1.165, 1.54) is 27.6 Å². The van der Waals surface area contributed by atoms with Crippen LogP contribution in [0.4, 0.5) is 0 Å². The average molecular weight is 757 g/mol. The van der Waals surface area contributed by atoms with Crippen molar-refractivity contribution in [3.05, 3.63) is 193 Å². The number of hydrogen-bond donors (Lipinski definition) is 0. The van der Waals surface area contributed by atoms with Crippen molar-refractivity contribution >= 4 is 43.7 Å². The van der Waals surface area contributed by atoms with Gasteiger partial charge < -0.3 is 8.98 Å². The van der Waals surface area contributed by atoms with Crippen molar-refractivity contribution in [3.63, 3.8) is 0 Å². The maximum atomic E-state index is 6.60. The number of para-hydroxylation sites is 1. The molecule has 0 saturated carbocycles. The van der Waals surface area contributed by atoms with Crippen LogP contribution < -0.4 is 0 Å². The first-order valence-electron chi connectivity index (χ1n) is 20.1. The summed E-state index contributed by atoms with van der Waals surface area (Å²) in [6, 6.07) is 64.2. The Bertz CT molecular complexity index is 3470. The Labute approximate surface area is 340 Å². The second-order valence-electron chi connectivity index (χ2n) is 16.0. The smallest absolute Gasteiger partial charge is 0.164 e. The predicted molar refractivity (Wildman–Crippen MR) is 241 cm³/mol. The molecule has 5 nitrogen and oxygen atoms in total. The van der Waals surface area contributed by atoms with Gasteiger partial charge in [-0.15, -0.1) is 0 Å². The zero-order valence-corrected chi connectivity index (χ0v) is 32.5. The summed E-state index contributed by atoms with van der Waals surface area (Å²) in [5.41, 5.74) is 15.1. The number of benzene rings is 8. The van der Waals surface area contributed by atoms with Crippen LogP contribution in [0, 0.1) is 0 Å². The lowest BCUT2D eigenvalue weighted by molar-refractivity contribution is 0.660. The molecule has 0 N–H and O–H groups in total. The van der Waals surface area contributed by atoms with Crippen molar-refractivity contribution in [2.24, 2.45) is 0 Å². The lowest BCUT2D eigenvalue weighted by Gasteiger charge is -2.21. The Kier molecular flexibility index (Phi) is 7.20. The number of fused-ring (bicyclic) bond motifs is 9. The van der Waals surface area contributed by atoms with Crippen LogP contribution >= 0.6 is 0 Å². The monoisotopic (exact) mass is 756 g/mol. The molecule has 1 aliphatic carbocycles. The van der Waals surface area contributed by atoms with E-state index in [1.54, 1.807) is 0 Å². The van der Waals surface area contributed by atoms with E-state index in [0.29, 0.717) is 17.5 Å². The van der Waals surface area contributed by atoms with E-state index in [4.69, 9.17) is 19.4 Å². The summed E-state index contributed by atoms with van der Waals surface area (Å²) < 4.78 is 8.97. The lowest BCUT2D eigenvalue weighted by Crippen LogP contribution is -2.15. The topological polar surface area (TPSA) is 56.7 Å². The second kappa shape index (κ2) is 12.7. The van der Waals surface area contributed by atoms with Gasteiger partial charge >= 0.3 is 0 Å². The highest BCUT2D eigenvalue weighted by molar-refractivity contribution is 6.15. The summed E-state index contributed by atoms with van der Waals surface area (Å²) in [6.07, 6.45) is 0. The van der Waals surface area contributed by atoms with E-state index in [-0.39, 0.29) is 5.41 Å². The first kappa shape index (κ1) is 33.5. The lowest BCUT2D eigenvalue weighted by atomic mass is 9.82. The molecule has 12 rings (SSSR count). The maximum absolute atomic E-state index is 6.60. The first-order valence-corrected chi connectivity index (χ1v) is 20.1. The minimum atomic E-state index is -0.147. The van der Waals surface area contributed by atoms with Crippen molar-refractivity contribution in [1.29, 1.82) is 0 Å². The fourth-order valence-corrected chi connectivity index (χ4v) is 9.37. The van der Waals surface area contributed by atoms with Gasteiger partial charge in [0.2, 0.25) is 0 Å². The highest BCUT2D eigenvalue weighted by Gasteiger charge is 2.35. The third kappa shape index (κ3) is 5.14. The zero-order chi connectivity index (χ0) is 39.2. The van der Waals surface area contributed by atoms with Gasteiger partial charge in [0, 0.05) is 38.3 Å².